The molecule has 1 aliphatic rings. The Kier molecular flexibility index (Phi) is 7.80. The number of sulfonamides is 1. The Morgan fingerprint density at radius 3 is 2.19 bits per heavy atom. The molecule has 0 spiro atoms. The summed E-state index contributed by atoms with van der Waals surface area (Å²) in [5, 5.41) is 0. The van der Waals surface area contributed by atoms with Crippen molar-refractivity contribution in [3.8, 4) is 0 Å². The number of benzene rings is 2. The number of piperidine rings is 1. The van der Waals surface area contributed by atoms with E-state index in [9.17, 15) is 17.6 Å². The van der Waals surface area contributed by atoms with E-state index in [0.717, 1.165) is 24.2 Å². The summed E-state index contributed by atoms with van der Waals surface area (Å²) in [6, 6.07) is 14.8. The van der Waals surface area contributed by atoms with Crippen LogP contribution in [-0.2, 0) is 21.4 Å². The number of halogens is 1. The van der Waals surface area contributed by atoms with Crippen molar-refractivity contribution in [3.63, 3.8) is 0 Å². The molecule has 1 fully saturated rings. The van der Waals surface area contributed by atoms with Crippen LogP contribution in [0.2, 0.25) is 0 Å². The monoisotopic (exact) mass is 447 g/mol. The molecular formula is C23H30FN3O3S. The molecule has 0 N–H and O–H groups in total. The highest BCUT2D eigenvalue weighted by molar-refractivity contribution is 7.89. The van der Waals surface area contributed by atoms with E-state index in [2.05, 4.69) is 0 Å². The summed E-state index contributed by atoms with van der Waals surface area (Å²) < 4.78 is 40.2. The molecule has 6 nitrogen and oxygen atoms in total. The molecule has 0 aliphatic carbocycles. The van der Waals surface area contributed by atoms with E-state index in [0.29, 0.717) is 25.9 Å². The second-order valence-corrected chi connectivity index (χ2v) is 10.1. The lowest BCUT2D eigenvalue weighted by atomic mass is 9.96. The molecule has 8 heteroatoms. The summed E-state index contributed by atoms with van der Waals surface area (Å²) >= 11 is 0. The lowest BCUT2D eigenvalue weighted by Gasteiger charge is -2.34. The summed E-state index contributed by atoms with van der Waals surface area (Å²) in [5.41, 5.74) is 1.07. The second kappa shape index (κ2) is 10.3. The van der Waals surface area contributed by atoms with E-state index in [1.807, 2.05) is 54.2 Å². The normalized spacial score (nSPS) is 15.9. The third kappa shape index (κ3) is 6.12. The molecule has 31 heavy (non-hydrogen) atoms. The highest BCUT2D eigenvalue weighted by Crippen LogP contribution is 2.26. The van der Waals surface area contributed by atoms with Gasteiger partial charge in [0, 0.05) is 38.6 Å². The maximum atomic E-state index is 13.3. The van der Waals surface area contributed by atoms with Gasteiger partial charge in [-0.15, -0.1) is 0 Å². The average Bonchev–Trinajstić information content (AvgIpc) is 2.77. The third-order valence-corrected chi connectivity index (χ3v) is 7.51. The highest BCUT2D eigenvalue weighted by atomic mass is 32.2. The van der Waals surface area contributed by atoms with Crippen LogP contribution in [0.5, 0.6) is 0 Å². The van der Waals surface area contributed by atoms with Gasteiger partial charge in [0.15, 0.2) is 0 Å². The van der Waals surface area contributed by atoms with Crippen molar-refractivity contribution in [3.05, 3.63) is 66.0 Å². The molecule has 0 atom stereocenters. The lowest BCUT2D eigenvalue weighted by Crippen LogP contribution is -2.45. The molecule has 0 radical (unpaired) electrons. The smallest absolute Gasteiger partial charge is 0.243 e. The van der Waals surface area contributed by atoms with Gasteiger partial charge in [-0.2, -0.15) is 4.31 Å². The quantitative estimate of drug-likeness (QED) is 0.624. The number of likely N-dealkylation sites (N-methyl/N-ethyl adjacent to an activating group) is 1. The van der Waals surface area contributed by atoms with Crippen LogP contribution in [0.3, 0.4) is 0 Å². The van der Waals surface area contributed by atoms with Crippen molar-refractivity contribution in [1.82, 2.24) is 14.1 Å². The molecule has 0 aromatic heterocycles. The SMILES string of the molecule is CN(C)CCN(Cc1ccccc1)C(=O)C1CCN(S(=O)(=O)c2ccc(F)cc2)CC1. The summed E-state index contributed by atoms with van der Waals surface area (Å²) in [6.07, 6.45) is 0.957. The molecule has 1 amide bonds. The zero-order valence-electron chi connectivity index (χ0n) is 18.1. The van der Waals surface area contributed by atoms with Crippen LogP contribution >= 0.6 is 0 Å². The maximum Gasteiger partial charge on any atom is 0.243 e. The molecular weight excluding hydrogens is 417 g/mol. The van der Waals surface area contributed by atoms with Gasteiger partial charge in [-0.05, 0) is 56.8 Å². The molecule has 168 valence electrons. The minimum atomic E-state index is -3.68. The van der Waals surface area contributed by atoms with Crippen LogP contribution in [-0.4, -0.2) is 68.7 Å². The summed E-state index contributed by atoms with van der Waals surface area (Å²) in [4.78, 5) is 17.3. The molecule has 2 aromatic rings. The molecule has 1 heterocycles. The van der Waals surface area contributed by atoms with Crippen LogP contribution in [0.15, 0.2) is 59.5 Å². The van der Waals surface area contributed by atoms with Gasteiger partial charge in [-0.3, -0.25) is 4.79 Å². The Morgan fingerprint density at radius 1 is 1.00 bits per heavy atom. The van der Waals surface area contributed by atoms with Gasteiger partial charge in [-0.1, -0.05) is 30.3 Å². The summed E-state index contributed by atoms with van der Waals surface area (Å²) in [7, 11) is 0.269. The van der Waals surface area contributed by atoms with Crippen LogP contribution in [0, 0.1) is 11.7 Å². The van der Waals surface area contributed by atoms with Gasteiger partial charge >= 0.3 is 0 Å². The van der Waals surface area contributed by atoms with Crippen LogP contribution in [0.1, 0.15) is 18.4 Å². The molecule has 0 saturated carbocycles. The number of amides is 1. The predicted octanol–water partition coefficient (Wildman–Crippen LogP) is 2.82. The fraction of sp³-hybridized carbons (Fsp3) is 0.435. The van der Waals surface area contributed by atoms with Gasteiger partial charge < -0.3 is 9.80 Å². The maximum absolute atomic E-state index is 13.3. The number of hydrogen-bond donors (Lipinski definition) is 0. The van der Waals surface area contributed by atoms with Crippen LogP contribution in [0.4, 0.5) is 4.39 Å². The zero-order valence-corrected chi connectivity index (χ0v) is 18.9. The van der Waals surface area contributed by atoms with Crippen molar-refractivity contribution in [1.29, 1.82) is 0 Å². The number of nitrogens with zero attached hydrogens (tertiary/aromatic N) is 3. The summed E-state index contributed by atoms with van der Waals surface area (Å²) in [5.74, 6) is -0.602. The van der Waals surface area contributed by atoms with Crippen molar-refractivity contribution >= 4 is 15.9 Å². The minimum absolute atomic E-state index is 0.0736. The van der Waals surface area contributed by atoms with Gasteiger partial charge in [0.05, 0.1) is 4.90 Å². The topological polar surface area (TPSA) is 60.9 Å². The Bertz CT molecular complexity index is 957. The Balaban J connectivity index is 1.65. The Morgan fingerprint density at radius 2 is 1.61 bits per heavy atom. The lowest BCUT2D eigenvalue weighted by molar-refractivity contribution is -0.137. The first kappa shape index (κ1) is 23.4. The Hall–Kier alpha value is -2.29. The Labute approximate surface area is 184 Å². The van der Waals surface area contributed by atoms with Gasteiger partial charge in [0.2, 0.25) is 15.9 Å². The molecule has 0 unspecified atom stereocenters. The number of hydrogen-bond acceptors (Lipinski definition) is 4. The van der Waals surface area contributed by atoms with Gasteiger partial charge in [0.1, 0.15) is 5.82 Å². The molecule has 1 aliphatic heterocycles. The first-order valence-electron chi connectivity index (χ1n) is 10.5. The predicted molar refractivity (Wildman–Crippen MR) is 118 cm³/mol. The third-order valence-electron chi connectivity index (χ3n) is 5.60. The van der Waals surface area contributed by atoms with Gasteiger partial charge in [0.25, 0.3) is 0 Å². The molecule has 3 rings (SSSR count). The van der Waals surface area contributed by atoms with E-state index in [4.69, 9.17) is 0 Å². The van der Waals surface area contributed by atoms with Crippen molar-refractivity contribution in [2.24, 2.45) is 5.92 Å². The number of carbonyl (C=O) groups excluding carboxylic acids is 1. The van der Waals surface area contributed by atoms with Crippen molar-refractivity contribution in [2.75, 3.05) is 40.3 Å². The largest absolute Gasteiger partial charge is 0.337 e. The van der Waals surface area contributed by atoms with E-state index < -0.39 is 15.8 Å². The number of carbonyl (C=O) groups is 1. The second-order valence-electron chi connectivity index (χ2n) is 8.18. The van der Waals surface area contributed by atoms with E-state index in [-0.39, 0.29) is 29.8 Å². The van der Waals surface area contributed by atoms with E-state index >= 15 is 0 Å². The minimum Gasteiger partial charge on any atom is -0.337 e. The molecule has 0 bridgehead atoms. The van der Waals surface area contributed by atoms with E-state index in [1.54, 1.807) is 0 Å². The van der Waals surface area contributed by atoms with Crippen molar-refractivity contribution < 1.29 is 17.6 Å². The highest BCUT2D eigenvalue weighted by Gasteiger charge is 2.33. The molecule has 1 saturated heterocycles. The number of rotatable bonds is 8. The van der Waals surface area contributed by atoms with Crippen LogP contribution in [0.25, 0.3) is 0 Å². The van der Waals surface area contributed by atoms with Gasteiger partial charge in [-0.25, -0.2) is 12.8 Å². The summed E-state index contributed by atoms with van der Waals surface area (Å²) in [6.45, 7) is 2.48. The fourth-order valence-electron chi connectivity index (χ4n) is 3.75. The first-order valence-corrected chi connectivity index (χ1v) is 11.9. The fourth-order valence-corrected chi connectivity index (χ4v) is 5.22. The average molecular weight is 448 g/mol. The zero-order chi connectivity index (χ0) is 22.4. The standard InChI is InChI=1S/C23H30FN3O3S/c1-25(2)16-17-26(18-19-6-4-3-5-7-19)23(28)20-12-14-27(15-13-20)31(29,30)22-10-8-21(24)9-11-22/h3-11,20H,12-18H2,1-2H3. The first-order chi connectivity index (χ1) is 14.8. The van der Waals surface area contributed by atoms with Crippen LogP contribution < -0.4 is 0 Å². The molecule has 2 aromatic carbocycles. The van der Waals surface area contributed by atoms with Crippen molar-refractivity contribution in [2.45, 2.75) is 24.3 Å². The van der Waals surface area contributed by atoms with E-state index in [1.165, 1.54) is 16.4 Å².